The average molecular weight is 453 g/mol. The fourth-order valence-corrected chi connectivity index (χ4v) is 3.85. The van der Waals surface area contributed by atoms with Crippen LogP contribution in [0.3, 0.4) is 0 Å². The number of carbonyl (C=O) groups excluding carboxylic acids is 2. The Kier molecular flexibility index (Phi) is 6.97. The van der Waals surface area contributed by atoms with Crippen LogP contribution in [0.25, 0.3) is 0 Å². The second-order valence-electron chi connectivity index (χ2n) is 7.65. The highest BCUT2D eigenvalue weighted by atomic mass is 35.5. The summed E-state index contributed by atoms with van der Waals surface area (Å²) < 4.78 is 5.08. The van der Waals surface area contributed by atoms with Crippen molar-refractivity contribution in [3.63, 3.8) is 0 Å². The molecule has 7 nitrogen and oxygen atoms in total. The third-order valence-corrected chi connectivity index (χ3v) is 5.55. The second kappa shape index (κ2) is 10.2. The molecule has 2 heterocycles. The Morgan fingerprint density at radius 3 is 2.47 bits per heavy atom. The van der Waals surface area contributed by atoms with E-state index >= 15 is 0 Å². The van der Waals surface area contributed by atoms with Crippen molar-refractivity contribution in [1.82, 2.24) is 5.32 Å². The molecule has 0 radical (unpaired) electrons. The SMILES string of the molecule is O=C(NCc1ccc(NC(=O)c2ccco2)cc1)Nc1cc(Cl)ccc1N1CCCCC1. The fraction of sp³-hybridized carbons (Fsp3) is 0.250. The van der Waals surface area contributed by atoms with Gasteiger partial charge in [-0.1, -0.05) is 23.7 Å². The van der Waals surface area contributed by atoms with Crippen LogP contribution in [0.1, 0.15) is 35.4 Å². The molecular formula is C24H25ClN4O3. The van der Waals surface area contributed by atoms with Gasteiger partial charge in [0.05, 0.1) is 17.6 Å². The van der Waals surface area contributed by atoms with Crippen LogP contribution in [0.5, 0.6) is 0 Å². The van der Waals surface area contributed by atoms with Gasteiger partial charge in [-0.05, 0) is 67.3 Å². The van der Waals surface area contributed by atoms with Crippen molar-refractivity contribution < 1.29 is 14.0 Å². The van der Waals surface area contributed by atoms with Crippen molar-refractivity contribution in [2.45, 2.75) is 25.8 Å². The predicted octanol–water partition coefficient (Wildman–Crippen LogP) is 5.50. The van der Waals surface area contributed by atoms with Crippen molar-refractivity contribution in [2.24, 2.45) is 0 Å². The van der Waals surface area contributed by atoms with E-state index in [9.17, 15) is 9.59 Å². The Hall–Kier alpha value is -3.45. The van der Waals surface area contributed by atoms with Gasteiger partial charge in [0.2, 0.25) is 0 Å². The molecule has 8 heteroatoms. The van der Waals surface area contributed by atoms with Crippen molar-refractivity contribution >= 4 is 40.6 Å². The van der Waals surface area contributed by atoms with Crippen LogP contribution in [0.15, 0.2) is 65.3 Å². The van der Waals surface area contributed by atoms with E-state index < -0.39 is 0 Å². The van der Waals surface area contributed by atoms with E-state index in [4.69, 9.17) is 16.0 Å². The van der Waals surface area contributed by atoms with Crippen LogP contribution in [0.2, 0.25) is 5.02 Å². The molecule has 1 aromatic heterocycles. The summed E-state index contributed by atoms with van der Waals surface area (Å²) in [5.41, 5.74) is 3.23. The third-order valence-electron chi connectivity index (χ3n) is 5.31. The van der Waals surface area contributed by atoms with E-state index in [2.05, 4.69) is 20.9 Å². The van der Waals surface area contributed by atoms with E-state index in [0.717, 1.165) is 37.2 Å². The fourth-order valence-electron chi connectivity index (χ4n) is 3.67. The van der Waals surface area contributed by atoms with E-state index in [1.165, 1.54) is 12.7 Å². The molecule has 2 aromatic carbocycles. The number of amides is 3. The van der Waals surface area contributed by atoms with E-state index in [1.54, 1.807) is 30.3 Å². The average Bonchev–Trinajstić information content (AvgIpc) is 3.35. The van der Waals surface area contributed by atoms with Gasteiger partial charge in [0.15, 0.2) is 5.76 Å². The maximum Gasteiger partial charge on any atom is 0.319 e. The van der Waals surface area contributed by atoms with Gasteiger partial charge in [0, 0.05) is 30.3 Å². The molecule has 1 saturated heterocycles. The number of urea groups is 1. The normalized spacial score (nSPS) is 13.5. The quantitative estimate of drug-likeness (QED) is 0.461. The molecule has 0 atom stereocenters. The zero-order valence-electron chi connectivity index (χ0n) is 17.6. The first kappa shape index (κ1) is 21.8. The van der Waals surface area contributed by atoms with Gasteiger partial charge in [-0.2, -0.15) is 0 Å². The molecular weight excluding hydrogens is 428 g/mol. The summed E-state index contributed by atoms with van der Waals surface area (Å²) in [6, 6.07) is 15.8. The minimum atomic E-state index is -0.314. The van der Waals surface area contributed by atoms with Gasteiger partial charge in [-0.15, -0.1) is 0 Å². The Morgan fingerprint density at radius 2 is 1.75 bits per heavy atom. The summed E-state index contributed by atoms with van der Waals surface area (Å²) in [6.45, 7) is 2.29. The molecule has 1 aliphatic rings. The first-order valence-corrected chi connectivity index (χ1v) is 11.0. The first-order chi connectivity index (χ1) is 15.6. The highest BCUT2D eigenvalue weighted by Crippen LogP contribution is 2.31. The van der Waals surface area contributed by atoms with E-state index in [-0.39, 0.29) is 17.7 Å². The number of hydrogen-bond donors (Lipinski definition) is 3. The zero-order chi connectivity index (χ0) is 22.3. The zero-order valence-corrected chi connectivity index (χ0v) is 18.3. The number of anilines is 3. The Morgan fingerprint density at radius 1 is 0.969 bits per heavy atom. The number of furan rings is 1. The van der Waals surface area contributed by atoms with Gasteiger partial charge in [0.1, 0.15) is 0 Å². The maximum absolute atomic E-state index is 12.5. The van der Waals surface area contributed by atoms with Crippen molar-refractivity contribution in [3.8, 4) is 0 Å². The molecule has 32 heavy (non-hydrogen) atoms. The first-order valence-electron chi connectivity index (χ1n) is 10.6. The van der Waals surface area contributed by atoms with Crippen molar-refractivity contribution in [2.75, 3.05) is 28.6 Å². The summed E-state index contributed by atoms with van der Waals surface area (Å²) >= 11 is 6.17. The lowest BCUT2D eigenvalue weighted by Gasteiger charge is -2.30. The van der Waals surface area contributed by atoms with Gasteiger partial charge in [-0.3, -0.25) is 4.79 Å². The van der Waals surface area contributed by atoms with Gasteiger partial charge in [-0.25, -0.2) is 4.79 Å². The number of piperidine rings is 1. The molecule has 0 unspecified atom stereocenters. The maximum atomic E-state index is 12.5. The number of nitrogens with zero attached hydrogens (tertiary/aromatic N) is 1. The molecule has 3 N–H and O–H groups in total. The molecule has 3 amide bonds. The van der Waals surface area contributed by atoms with Crippen LogP contribution >= 0.6 is 11.6 Å². The third kappa shape index (κ3) is 5.62. The van der Waals surface area contributed by atoms with Gasteiger partial charge in [0.25, 0.3) is 5.91 Å². The van der Waals surface area contributed by atoms with Crippen LogP contribution < -0.4 is 20.9 Å². The lowest BCUT2D eigenvalue weighted by molar-refractivity contribution is 0.0996. The molecule has 0 aliphatic carbocycles. The highest BCUT2D eigenvalue weighted by Gasteiger charge is 2.16. The van der Waals surface area contributed by atoms with Crippen LogP contribution in [0, 0.1) is 0 Å². The lowest BCUT2D eigenvalue weighted by atomic mass is 10.1. The molecule has 1 aliphatic heterocycles. The van der Waals surface area contributed by atoms with E-state index in [0.29, 0.717) is 22.9 Å². The molecule has 0 bridgehead atoms. The summed E-state index contributed by atoms with van der Waals surface area (Å²) in [5.74, 6) is -0.0661. The number of rotatable bonds is 6. The van der Waals surface area contributed by atoms with Gasteiger partial charge < -0.3 is 25.3 Å². The smallest absolute Gasteiger partial charge is 0.319 e. The minimum Gasteiger partial charge on any atom is -0.459 e. The number of nitrogens with one attached hydrogen (secondary N) is 3. The van der Waals surface area contributed by atoms with E-state index in [1.807, 2.05) is 24.3 Å². The Balaban J connectivity index is 1.32. The topological polar surface area (TPSA) is 86.6 Å². The minimum absolute atomic E-state index is 0.248. The molecule has 1 fully saturated rings. The largest absolute Gasteiger partial charge is 0.459 e. The number of carbonyl (C=O) groups is 2. The summed E-state index contributed by atoms with van der Waals surface area (Å²) in [5, 5.41) is 9.13. The van der Waals surface area contributed by atoms with Crippen LogP contribution in [-0.2, 0) is 6.54 Å². The number of halogens is 1. The number of benzene rings is 2. The molecule has 3 aromatic rings. The van der Waals surface area contributed by atoms with Crippen LogP contribution in [-0.4, -0.2) is 25.0 Å². The summed E-state index contributed by atoms with van der Waals surface area (Å²) in [7, 11) is 0. The van der Waals surface area contributed by atoms with Gasteiger partial charge >= 0.3 is 6.03 Å². The van der Waals surface area contributed by atoms with Crippen molar-refractivity contribution in [3.05, 3.63) is 77.2 Å². The summed E-state index contributed by atoms with van der Waals surface area (Å²) in [4.78, 5) is 26.8. The predicted molar refractivity (Wildman–Crippen MR) is 126 cm³/mol. The van der Waals surface area contributed by atoms with Crippen molar-refractivity contribution in [1.29, 1.82) is 0 Å². The molecule has 166 valence electrons. The molecule has 4 rings (SSSR count). The lowest BCUT2D eigenvalue weighted by Crippen LogP contribution is -2.32. The summed E-state index contributed by atoms with van der Waals surface area (Å²) in [6.07, 6.45) is 4.98. The van der Waals surface area contributed by atoms with Crippen LogP contribution in [0.4, 0.5) is 21.9 Å². The Labute approximate surface area is 191 Å². The molecule has 0 saturated carbocycles. The standard InChI is InChI=1S/C24H25ClN4O3/c25-18-8-11-21(29-12-2-1-3-13-29)20(15-18)28-24(31)26-16-17-6-9-19(10-7-17)27-23(30)22-5-4-14-32-22/h4-11,14-15H,1-3,12-13,16H2,(H,27,30)(H2,26,28,31). The Bertz CT molecular complexity index is 1060. The molecule has 0 spiro atoms. The highest BCUT2D eigenvalue weighted by molar-refractivity contribution is 6.31. The number of hydrogen-bond acceptors (Lipinski definition) is 4. The second-order valence-corrected chi connectivity index (χ2v) is 8.08. The monoisotopic (exact) mass is 452 g/mol.